The zero-order chi connectivity index (χ0) is 10.3. The van der Waals surface area contributed by atoms with Gasteiger partial charge in [-0.05, 0) is 38.3 Å². The van der Waals surface area contributed by atoms with Gasteiger partial charge in [-0.1, -0.05) is 0 Å². The van der Waals surface area contributed by atoms with Crippen molar-refractivity contribution < 1.29 is 4.74 Å². The summed E-state index contributed by atoms with van der Waals surface area (Å²) in [5, 5.41) is 3.40. The molecule has 1 N–H and O–H groups in total. The lowest BCUT2D eigenvalue weighted by Crippen LogP contribution is -2.30. The van der Waals surface area contributed by atoms with E-state index in [0.717, 1.165) is 25.5 Å². The first-order valence-electron chi connectivity index (χ1n) is 5.54. The Labute approximate surface area is 90.1 Å². The molecule has 82 valence electrons. The van der Waals surface area contributed by atoms with Crippen LogP contribution in [0.25, 0.3) is 0 Å². The molecule has 0 bridgehead atoms. The Hall–Kier alpha value is -1.16. The van der Waals surface area contributed by atoms with Gasteiger partial charge in [-0.2, -0.15) is 0 Å². The van der Waals surface area contributed by atoms with Crippen molar-refractivity contribution in [1.29, 1.82) is 0 Å². The average Bonchev–Trinajstić information content (AvgIpc) is 2.32. The van der Waals surface area contributed by atoms with E-state index in [1.54, 1.807) is 18.6 Å². The smallest absolute Gasteiger partial charge is 0.232 e. The summed E-state index contributed by atoms with van der Waals surface area (Å²) in [6.07, 6.45) is 8.66. The second-order valence-corrected chi connectivity index (χ2v) is 3.89. The van der Waals surface area contributed by atoms with E-state index in [9.17, 15) is 0 Å². The van der Waals surface area contributed by atoms with Crippen LogP contribution in [0.5, 0.6) is 5.88 Å². The Morgan fingerprint density at radius 1 is 1.47 bits per heavy atom. The summed E-state index contributed by atoms with van der Waals surface area (Å²) >= 11 is 0. The third-order valence-corrected chi connectivity index (χ3v) is 2.71. The Balaban J connectivity index is 1.66. The molecule has 0 unspecified atom stereocenters. The van der Waals surface area contributed by atoms with E-state index < -0.39 is 0 Å². The first kappa shape index (κ1) is 10.4. The molecule has 1 saturated heterocycles. The van der Waals surface area contributed by atoms with Gasteiger partial charge in [0.05, 0.1) is 12.8 Å². The number of nitrogens with one attached hydrogen (secondary N) is 1. The zero-order valence-corrected chi connectivity index (χ0v) is 8.85. The topological polar surface area (TPSA) is 47.0 Å². The van der Waals surface area contributed by atoms with Gasteiger partial charge in [0.25, 0.3) is 0 Å². The minimum Gasteiger partial charge on any atom is -0.477 e. The van der Waals surface area contributed by atoms with Crippen molar-refractivity contribution in [3.05, 3.63) is 18.6 Å². The van der Waals surface area contributed by atoms with E-state index in [1.807, 2.05) is 0 Å². The summed E-state index contributed by atoms with van der Waals surface area (Å²) in [4.78, 5) is 8.01. The molecule has 2 rings (SSSR count). The number of aromatic nitrogens is 2. The van der Waals surface area contributed by atoms with Crippen LogP contribution in [0.3, 0.4) is 0 Å². The van der Waals surface area contributed by atoms with Crippen molar-refractivity contribution in [2.75, 3.05) is 19.7 Å². The van der Waals surface area contributed by atoms with Crippen LogP contribution < -0.4 is 10.1 Å². The highest BCUT2D eigenvalue weighted by Crippen LogP contribution is 2.14. The monoisotopic (exact) mass is 207 g/mol. The first-order chi connectivity index (χ1) is 7.45. The van der Waals surface area contributed by atoms with Crippen LogP contribution in [-0.2, 0) is 0 Å². The molecule has 1 aliphatic heterocycles. The fourth-order valence-corrected chi connectivity index (χ4v) is 1.86. The summed E-state index contributed by atoms with van der Waals surface area (Å²) < 4.78 is 5.51. The number of ether oxygens (including phenoxy) is 1. The van der Waals surface area contributed by atoms with Gasteiger partial charge < -0.3 is 10.1 Å². The second-order valence-electron chi connectivity index (χ2n) is 3.89. The molecule has 0 spiro atoms. The highest BCUT2D eigenvalue weighted by atomic mass is 16.5. The SMILES string of the molecule is c1cnc(OCC[C@@H]2CCCNC2)cn1. The molecule has 1 aromatic rings. The minimum absolute atomic E-state index is 0.626. The van der Waals surface area contributed by atoms with Crippen molar-refractivity contribution >= 4 is 0 Å². The number of piperidine rings is 1. The fraction of sp³-hybridized carbons (Fsp3) is 0.636. The summed E-state index contributed by atoms with van der Waals surface area (Å²) in [6.45, 7) is 3.04. The molecule has 1 aromatic heterocycles. The predicted octanol–water partition coefficient (Wildman–Crippen LogP) is 1.25. The van der Waals surface area contributed by atoms with Gasteiger partial charge in [-0.3, -0.25) is 4.98 Å². The molecule has 0 aliphatic carbocycles. The van der Waals surface area contributed by atoms with Gasteiger partial charge in [-0.15, -0.1) is 0 Å². The molecule has 0 aromatic carbocycles. The van der Waals surface area contributed by atoms with Crippen LogP contribution in [0.1, 0.15) is 19.3 Å². The standard InChI is InChI=1S/C11H17N3O/c1-2-10(8-12-4-1)3-7-15-11-9-13-5-6-14-11/h5-6,9-10,12H,1-4,7-8H2/t10-/m0/s1. The molecular formula is C11H17N3O. The molecule has 0 saturated carbocycles. The first-order valence-corrected chi connectivity index (χ1v) is 5.54. The van der Waals surface area contributed by atoms with Gasteiger partial charge in [0.2, 0.25) is 5.88 Å². The zero-order valence-electron chi connectivity index (χ0n) is 8.85. The third kappa shape index (κ3) is 3.47. The van der Waals surface area contributed by atoms with Crippen LogP contribution in [-0.4, -0.2) is 29.7 Å². The van der Waals surface area contributed by atoms with Crippen LogP contribution in [0.2, 0.25) is 0 Å². The van der Waals surface area contributed by atoms with Crippen molar-refractivity contribution in [2.24, 2.45) is 5.92 Å². The molecule has 4 nitrogen and oxygen atoms in total. The van der Waals surface area contributed by atoms with E-state index in [0.29, 0.717) is 5.88 Å². The van der Waals surface area contributed by atoms with Gasteiger partial charge >= 0.3 is 0 Å². The maximum atomic E-state index is 5.51. The molecule has 0 amide bonds. The van der Waals surface area contributed by atoms with Crippen LogP contribution in [0, 0.1) is 5.92 Å². The van der Waals surface area contributed by atoms with Crippen molar-refractivity contribution in [1.82, 2.24) is 15.3 Å². The molecule has 2 heterocycles. The summed E-state index contributed by atoms with van der Waals surface area (Å²) in [6, 6.07) is 0. The number of hydrogen-bond acceptors (Lipinski definition) is 4. The van der Waals surface area contributed by atoms with E-state index in [4.69, 9.17) is 4.74 Å². The van der Waals surface area contributed by atoms with Crippen molar-refractivity contribution in [3.8, 4) is 5.88 Å². The van der Waals surface area contributed by atoms with Crippen LogP contribution in [0.15, 0.2) is 18.6 Å². The molecule has 0 radical (unpaired) electrons. The lowest BCUT2D eigenvalue weighted by atomic mass is 9.97. The molecule has 1 atom stereocenters. The number of rotatable bonds is 4. The third-order valence-electron chi connectivity index (χ3n) is 2.71. The second kappa shape index (κ2) is 5.66. The lowest BCUT2D eigenvalue weighted by Gasteiger charge is -2.22. The van der Waals surface area contributed by atoms with Gasteiger partial charge in [0.15, 0.2) is 0 Å². The summed E-state index contributed by atoms with van der Waals surface area (Å²) in [7, 11) is 0. The van der Waals surface area contributed by atoms with E-state index in [2.05, 4.69) is 15.3 Å². The Morgan fingerprint density at radius 3 is 3.20 bits per heavy atom. The van der Waals surface area contributed by atoms with Gasteiger partial charge in [-0.25, -0.2) is 4.98 Å². The molecule has 1 aliphatic rings. The Bertz CT molecular complexity index is 272. The number of hydrogen-bond donors (Lipinski definition) is 1. The van der Waals surface area contributed by atoms with E-state index in [-0.39, 0.29) is 0 Å². The Morgan fingerprint density at radius 2 is 2.47 bits per heavy atom. The highest BCUT2D eigenvalue weighted by Gasteiger charge is 2.12. The van der Waals surface area contributed by atoms with Crippen molar-refractivity contribution in [2.45, 2.75) is 19.3 Å². The predicted molar refractivity (Wildman–Crippen MR) is 57.7 cm³/mol. The van der Waals surface area contributed by atoms with E-state index >= 15 is 0 Å². The minimum atomic E-state index is 0.626. The van der Waals surface area contributed by atoms with Gasteiger partial charge in [0, 0.05) is 12.4 Å². The Kier molecular flexibility index (Phi) is 3.91. The van der Waals surface area contributed by atoms with Crippen LogP contribution in [0.4, 0.5) is 0 Å². The largest absolute Gasteiger partial charge is 0.477 e. The maximum Gasteiger partial charge on any atom is 0.232 e. The van der Waals surface area contributed by atoms with Crippen LogP contribution >= 0.6 is 0 Å². The normalized spacial score (nSPS) is 21.2. The van der Waals surface area contributed by atoms with E-state index in [1.165, 1.54) is 19.4 Å². The highest BCUT2D eigenvalue weighted by molar-refractivity contribution is 5.00. The number of nitrogens with zero attached hydrogens (tertiary/aromatic N) is 2. The molecule has 15 heavy (non-hydrogen) atoms. The molecule has 1 fully saturated rings. The average molecular weight is 207 g/mol. The molecular weight excluding hydrogens is 190 g/mol. The summed E-state index contributed by atoms with van der Waals surface area (Å²) in [5.41, 5.74) is 0. The quantitative estimate of drug-likeness (QED) is 0.807. The fourth-order valence-electron chi connectivity index (χ4n) is 1.86. The van der Waals surface area contributed by atoms with Crippen molar-refractivity contribution in [3.63, 3.8) is 0 Å². The summed E-state index contributed by atoms with van der Waals surface area (Å²) in [5.74, 6) is 1.39. The maximum absolute atomic E-state index is 5.51. The molecule has 4 heteroatoms. The lowest BCUT2D eigenvalue weighted by molar-refractivity contribution is 0.246. The van der Waals surface area contributed by atoms with Gasteiger partial charge in [0.1, 0.15) is 0 Å².